The summed E-state index contributed by atoms with van der Waals surface area (Å²) in [4.78, 5) is 0. The number of benzene rings is 4. The van der Waals surface area contributed by atoms with Crippen LogP contribution in [-0.4, -0.2) is 22.9 Å². The van der Waals surface area contributed by atoms with Crippen LogP contribution < -0.4 is 5.46 Å². The average molecular weight is 475 g/mol. The number of fused-ring (bicyclic) bond motifs is 6. The van der Waals surface area contributed by atoms with Gasteiger partial charge < -0.3 is 13.9 Å². The highest BCUT2D eigenvalue weighted by Gasteiger charge is 2.51. The van der Waals surface area contributed by atoms with E-state index < -0.39 is 0 Å². The molecule has 1 aliphatic rings. The van der Waals surface area contributed by atoms with Crippen LogP contribution in [0.4, 0.5) is 0 Å². The van der Waals surface area contributed by atoms with E-state index in [1.165, 1.54) is 47.7 Å². The number of thiophene rings is 1. The topological polar surface area (TPSA) is 23.4 Å². The lowest BCUT2D eigenvalue weighted by Gasteiger charge is -2.32. The molecule has 7 rings (SSSR count). The van der Waals surface area contributed by atoms with Gasteiger partial charge in [-0.05, 0) is 69.6 Å². The Morgan fingerprint density at radius 3 is 2.09 bits per heavy atom. The summed E-state index contributed by atoms with van der Waals surface area (Å²) < 4.78 is 17.7. The number of aromatic nitrogens is 1. The molecule has 0 spiro atoms. The largest absolute Gasteiger partial charge is 0.494 e. The van der Waals surface area contributed by atoms with Gasteiger partial charge in [-0.2, -0.15) is 0 Å². The van der Waals surface area contributed by atoms with Crippen molar-refractivity contribution in [3.05, 3.63) is 84.9 Å². The SMILES string of the molecule is CC1(C)OB(c2ccc3c(c2)c2ccccc2n3-c2ccc3sc4ccccc4c3c2)OC1(C)C. The summed E-state index contributed by atoms with van der Waals surface area (Å²) >= 11 is 1.85. The van der Waals surface area contributed by atoms with Gasteiger partial charge in [0.1, 0.15) is 0 Å². The van der Waals surface area contributed by atoms with Crippen molar-refractivity contribution >= 4 is 65.9 Å². The third kappa shape index (κ3) is 3.05. The van der Waals surface area contributed by atoms with Crippen molar-refractivity contribution in [1.82, 2.24) is 4.57 Å². The number of nitrogens with zero attached hydrogens (tertiary/aromatic N) is 1. The van der Waals surface area contributed by atoms with Crippen LogP contribution >= 0.6 is 11.3 Å². The summed E-state index contributed by atoms with van der Waals surface area (Å²) in [5.41, 5.74) is 3.89. The highest BCUT2D eigenvalue weighted by molar-refractivity contribution is 7.25. The van der Waals surface area contributed by atoms with Gasteiger partial charge in [-0.3, -0.25) is 0 Å². The van der Waals surface area contributed by atoms with E-state index in [0.717, 1.165) is 5.46 Å². The van der Waals surface area contributed by atoms with Gasteiger partial charge in [0.2, 0.25) is 0 Å². The maximum absolute atomic E-state index is 6.35. The third-order valence-corrected chi connectivity index (χ3v) is 8.99. The molecule has 1 saturated heterocycles. The normalized spacial score (nSPS) is 17.3. The van der Waals surface area contributed by atoms with Crippen LogP contribution in [0.2, 0.25) is 0 Å². The lowest BCUT2D eigenvalue weighted by molar-refractivity contribution is 0.00578. The molecule has 5 heteroatoms. The van der Waals surface area contributed by atoms with E-state index in [9.17, 15) is 0 Å². The van der Waals surface area contributed by atoms with Crippen LogP contribution in [0, 0.1) is 0 Å². The summed E-state index contributed by atoms with van der Waals surface area (Å²) in [5.74, 6) is 0. The van der Waals surface area contributed by atoms with Gasteiger partial charge in [0.25, 0.3) is 0 Å². The van der Waals surface area contributed by atoms with Gasteiger partial charge in [0, 0.05) is 36.6 Å². The van der Waals surface area contributed by atoms with Crippen molar-refractivity contribution in [1.29, 1.82) is 0 Å². The fraction of sp³-hybridized carbons (Fsp3) is 0.200. The minimum atomic E-state index is -0.375. The number of para-hydroxylation sites is 1. The highest BCUT2D eigenvalue weighted by atomic mass is 32.1. The Hall–Kier alpha value is -3.12. The summed E-state index contributed by atoms with van der Waals surface area (Å²) in [7, 11) is -0.375. The number of hydrogen-bond donors (Lipinski definition) is 0. The molecule has 172 valence electrons. The monoisotopic (exact) mass is 475 g/mol. The predicted octanol–water partition coefficient (Wildman–Crippen LogP) is 7.45. The van der Waals surface area contributed by atoms with Crippen molar-refractivity contribution in [2.45, 2.75) is 38.9 Å². The molecular formula is C30H26BNO2S. The smallest absolute Gasteiger partial charge is 0.399 e. The van der Waals surface area contributed by atoms with Crippen molar-refractivity contribution in [3.8, 4) is 5.69 Å². The van der Waals surface area contributed by atoms with Crippen LogP contribution in [0.1, 0.15) is 27.7 Å². The number of rotatable bonds is 2. The van der Waals surface area contributed by atoms with Crippen LogP contribution in [0.5, 0.6) is 0 Å². The summed E-state index contributed by atoms with van der Waals surface area (Å²) in [6.45, 7) is 8.40. The Morgan fingerprint density at radius 1 is 0.629 bits per heavy atom. The molecule has 0 radical (unpaired) electrons. The fourth-order valence-electron chi connectivity index (χ4n) is 5.25. The summed E-state index contributed by atoms with van der Waals surface area (Å²) in [6, 6.07) is 30.8. The van der Waals surface area contributed by atoms with E-state index >= 15 is 0 Å². The van der Waals surface area contributed by atoms with Gasteiger partial charge in [-0.25, -0.2) is 0 Å². The Balaban J connectivity index is 1.44. The molecule has 3 heterocycles. The van der Waals surface area contributed by atoms with Crippen LogP contribution in [0.25, 0.3) is 47.7 Å². The minimum Gasteiger partial charge on any atom is -0.399 e. The van der Waals surface area contributed by atoms with E-state index in [2.05, 4.69) is 117 Å². The predicted molar refractivity (Wildman–Crippen MR) is 149 cm³/mol. The molecule has 1 aliphatic heterocycles. The van der Waals surface area contributed by atoms with Crippen LogP contribution in [-0.2, 0) is 9.31 Å². The molecule has 0 amide bonds. The average Bonchev–Trinajstić information content (AvgIpc) is 3.45. The second-order valence-corrected chi connectivity index (χ2v) is 11.6. The zero-order valence-corrected chi connectivity index (χ0v) is 21.1. The molecule has 4 aromatic carbocycles. The van der Waals surface area contributed by atoms with Crippen molar-refractivity contribution in [3.63, 3.8) is 0 Å². The molecular weight excluding hydrogens is 449 g/mol. The lowest BCUT2D eigenvalue weighted by atomic mass is 9.78. The van der Waals surface area contributed by atoms with Gasteiger partial charge in [-0.1, -0.05) is 48.5 Å². The first-order valence-corrected chi connectivity index (χ1v) is 12.9. The maximum atomic E-state index is 6.35. The molecule has 0 bridgehead atoms. The first kappa shape index (κ1) is 21.2. The molecule has 0 N–H and O–H groups in total. The van der Waals surface area contributed by atoms with Crippen molar-refractivity contribution in [2.75, 3.05) is 0 Å². The zero-order valence-electron chi connectivity index (χ0n) is 20.3. The van der Waals surface area contributed by atoms with E-state index in [0.29, 0.717) is 0 Å². The maximum Gasteiger partial charge on any atom is 0.494 e. The number of hydrogen-bond acceptors (Lipinski definition) is 3. The van der Waals surface area contributed by atoms with Gasteiger partial charge in [0.15, 0.2) is 0 Å². The third-order valence-electron chi connectivity index (χ3n) is 7.84. The molecule has 2 aromatic heterocycles. The second-order valence-electron chi connectivity index (χ2n) is 10.5. The van der Waals surface area contributed by atoms with Gasteiger partial charge >= 0.3 is 7.12 Å². The molecule has 6 aromatic rings. The Morgan fingerprint density at radius 2 is 1.29 bits per heavy atom. The molecule has 0 atom stereocenters. The van der Waals surface area contributed by atoms with Gasteiger partial charge in [-0.15, -0.1) is 11.3 Å². The molecule has 3 nitrogen and oxygen atoms in total. The van der Waals surface area contributed by atoms with E-state index in [1.54, 1.807) is 0 Å². The minimum absolute atomic E-state index is 0.362. The highest BCUT2D eigenvalue weighted by Crippen LogP contribution is 2.39. The quantitative estimate of drug-likeness (QED) is 0.243. The summed E-state index contributed by atoms with van der Waals surface area (Å²) in [6.07, 6.45) is 0. The molecule has 0 saturated carbocycles. The first-order valence-electron chi connectivity index (χ1n) is 12.1. The Labute approximate surface area is 209 Å². The van der Waals surface area contributed by atoms with Crippen LogP contribution in [0.3, 0.4) is 0 Å². The van der Waals surface area contributed by atoms with Crippen molar-refractivity contribution < 1.29 is 9.31 Å². The zero-order chi connectivity index (χ0) is 23.9. The van der Waals surface area contributed by atoms with E-state index in [4.69, 9.17) is 9.31 Å². The van der Waals surface area contributed by atoms with Crippen LogP contribution in [0.15, 0.2) is 84.9 Å². The molecule has 35 heavy (non-hydrogen) atoms. The van der Waals surface area contributed by atoms with Crippen molar-refractivity contribution in [2.24, 2.45) is 0 Å². The first-order chi connectivity index (χ1) is 16.8. The second kappa shape index (κ2) is 7.20. The fourth-order valence-corrected chi connectivity index (χ4v) is 6.33. The molecule has 0 unspecified atom stereocenters. The Kier molecular flexibility index (Phi) is 4.36. The molecule has 1 fully saturated rings. The summed E-state index contributed by atoms with van der Waals surface area (Å²) in [5, 5.41) is 5.07. The van der Waals surface area contributed by atoms with Gasteiger partial charge in [0.05, 0.1) is 22.2 Å². The standard InChI is InChI=1S/C30H26BNO2S/c1-29(2)30(3,4)34-31(33-29)19-13-15-26-23(17-19)21-9-5-7-11-25(21)32(26)20-14-16-28-24(18-20)22-10-6-8-12-27(22)35-28/h5-18H,1-4H3. The lowest BCUT2D eigenvalue weighted by Crippen LogP contribution is -2.41. The van der Waals surface area contributed by atoms with E-state index in [1.807, 2.05) is 11.3 Å². The van der Waals surface area contributed by atoms with E-state index in [-0.39, 0.29) is 18.3 Å². The molecule has 0 aliphatic carbocycles. The Bertz CT molecular complexity index is 1760.